The molecule has 0 aromatic heterocycles. The molecule has 1 aliphatic rings. The first kappa shape index (κ1) is 16.3. The second-order valence-corrected chi connectivity index (χ2v) is 6.30. The van der Waals surface area contributed by atoms with E-state index in [1.165, 1.54) is 7.11 Å². The van der Waals surface area contributed by atoms with E-state index in [2.05, 4.69) is 0 Å². The first-order valence-electron chi connectivity index (χ1n) is 7.84. The summed E-state index contributed by atoms with van der Waals surface area (Å²) in [6.07, 6.45) is 1.02. The van der Waals surface area contributed by atoms with Gasteiger partial charge >= 0.3 is 11.9 Å². The first-order valence-corrected chi connectivity index (χ1v) is 7.84. The van der Waals surface area contributed by atoms with E-state index in [0.717, 1.165) is 27.6 Å². The minimum atomic E-state index is -1.19. The number of fused-ring (bicyclic) bond motifs is 3. The lowest BCUT2D eigenvalue weighted by Crippen LogP contribution is -2.48. The van der Waals surface area contributed by atoms with Crippen molar-refractivity contribution in [3.8, 4) is 5.75 Å². The van der Waals surface area contributed by atoms with Crippen molar-refractivity contribution < 1.29 is 24.2 Å². The Bertz CT molecular complexity index is 826. The van der Waals surface area contributed by atoms with Crippen LogP contribution in [0.1, 0.15) is 24.5 Å². The van der Waals surface area contributed by atoms with Crippen LogP contribution in [0.3, 0.4) is 0 Å². The molecule has 2 atom stereocenters. The third-order valence-electron chi connectivity index (χ3n) is 5.19. The SMILES string of the molecule is COC(=O)[C@]1(C)c2ccc3cc(OC)ccc3c2CC[C@@H]1C(=O)O. The summed E-state index contributed by atoms with van der Waals surface area (Å²) in [6, 6.07) is 9.53. The van der Waals surface area contributed by atoms with Crippen LogP contribution in [-0.2, 0) is 26.2 Å². The summed E-state index contributed by atoms with van der Waals surface area (Å²) in [5.41, 5.74) is 0.564. The molecule has 5 heteroatoms. The summed E-state index contributed by atoms with van der Waals surface area (Å²) in [5.74, 6) is -1.52. The molecule has 0 spiro atoms. The van der Waals surface area contributed by atoms with E-state index in [9.17, 15) is 14.7 Å². The Morgan fingerprint density at radius 1 is 1.21 bits per heavy atom. The van der Waals surface area contributed by atoms with Gasteiger partial charge in [-0.25, -0.2) is 0 Å². The Hall–Kier alpha value is -2.56. The Morgan fingerprint density at radius 2 is 1.96 bits per heavy atom. The van der Waals surface area contributed by atoms with Crippen molar-refractivity contribution in [2.75, 3.05) is 14.2 Å². The van der Waals surface area contributed by atoms with E-state index < -0.39 is 23.3 Å². The number of aryl methyl sites for hydroxylation is 1. The normalized spacial score (nSPS) is 22.7. The number of hydrogen-bond donors (Lipinski definition) is 1. The average molecular weight is 328 g/mol. The van der Waals surface area contributed by atoms with Crippen LogP contribution < -0.4 is 4.74 Å². The van der Waals surface area contributed by atoms with E-state index in [1.807, 2.05) is 30.3 Å². The minimum Gasteiger partial charge on any atom is -0.497 e. The smallest absolute Gasteiger partial charge is 0.316 e. The highest BCUT2D eigenvalue weighted by molar-refractivity contribution is 5.95. The fourth-order valence-electron chi connectivity index (χ4n) is 3.85. The van der Waals surface area contributed by atoms with Gasteiger partial charge in [0.25, 0.3) is 0 Å². The molecule has 0 amide bonds. The van der Waals surface area contributed by atoms with Crippen molar-refractivity contribution in [3.05, 3.63) is 41.5 Å². The Morgan fingerprint density at radius 3 is 2.58 bits per heavy atom. The van der Waals surface area contributed by atoms with Crippen LogP contribution in [0, 0.1) is 5.92 Å². The van der Waals surface area contributed by atoms with Crippen LogP contribution in [0.2, 0.25) is 0 Å². The van der Waals surface area contributed by atoms with Gasteiger partial charge in [0.2, 0.25) is 0 Å². The maximum Gasteiger partial charge on any atom is 0.316 e. The highest BCUT2D eigenvalue weighted by Gasteiger charge is 2.51. The second-order valence-electron chi connectivity index (χ2n) is 6.30. The number of esters is 1. The van der Waals surface area contributed by atoms with Crippen LogP contribution in [0.4, 0.5) is 0 Å². The van der Waals surface area contributed by atoms with Gasteiger partial charge in [-0.05, 0) is 53.8 Å². The number of carbonyl (C=O) groups is 2. The van der Waals surface area contributed by atoms with Gasteiger partial charge in [-0.2, -0.15) is 0 Å². The number of methoxy groups -OCH3 is 2. The summed E-state index contributed by atoms with van der Waals surface area (Å²) in [7, 11) is 2.91. The molecule has 0 saturated heterocycles. The van der Waals surface area contributed by atoms with E-state index in [4.69, 9.17) is 9.47 Å². The topological polar surface area (TPSA) is 72.8 Å². The van der Waals surface area contributed by atoms with Gasteiger partial charge in [-0.1, -0.05) is 18.2 Å². The van der Waals surface area contributed by atoms with Crippen LogP contribution in [0.5, 0.6) is 5.75 Å². The van der Waals surface area contributed by atoms with Gasteiger partial charge in [0, 0.05) is 0 Å². The van der Waals surface area contributed by atoms with Crippen molar-refractivity contribution in [1.82, 2.24) is 0 Å². The van der Waals surface area contributed by atoms with Crippen LogP contribution in [-0.4, -0.2) is 31.3 Å². The maximum absolute atomic E-state index is 12.5. The Balaban J connectivity index is 2.26. The number of benzene rings is 2. The van der Waals surface area contributed by atoms with Crippen LogP contribution >= 0.6 is 0 Å². The molecule has 126 valence electrons. The fraction of sp³-hybridized carbons (Fsp3) is 0.368. The van der Waals surface area contributed by atoms with Crippen molar-refractivity contribution in [2.45, 2.75) is 25.2 Å². The average Bonchev–Trinajstić information content (AvgIpc) is 2.59. The predicted octanol–water partition coefficient (Wildman–Crippen LogP) is 2.93. The lowest BCUT2D eigenvalue weighted by molar-refractivity contribution is -0.158. The van der Waals surface area contributed by atoms with Gasteiger partial charge in [-0.15, -0.1) is 0 Å². The number of ether oxygens (including phenoxy) is 2. The summed E-state index contributed by atoms with van der Waals surface area (Å²) in [4.78, 5) is 24.2. The zero-order chi connectivity index (χ0) is 17.5. The molecule has 0 radical (unpaired) electrons. The van der Waals surface area contributed by atoms with E-state index in [-0.39, 0.29) is 0 Å². The van der Waals surface area contributed by atoms with Crippen LogP contribution in [0.25, 0.3) is 10.8 Å². The molecule has 0 fully saturated rings. The molecule has 0 aliphatic heterocycles. The molecule has 3 rings (SSSR count). The summed E-state index contributed by atoms with van der Waals surface area (Å²) < 4.78 is 10.2. The molecule has 5 nitrogen and oxygen atoms in total. The summed E-state index contributed by atoms with van der Waals surface area (Å²) in [5, 5.41) is 11.6. The van der Waals surface area contributed by atoms with E-state index >= 15 is 0 Å². The molecule has 1 aliphatic carbocycles. The number of carbonyl (C=O) groups excluding carboxylic acids is 1. The number of hydrogen-bond acceptors (Lipinski definition) is 4. The zero-order valence-corrected chi connectivity index (χ0v) is 14.0. The van der Waals surface area contributed by atoms with Gasteiger partial charge in [-0.3, -0.25) is 9.59 Å². The lowest BCUT2D eigenvalue weighted by Gasteiger charge is -2.38. The molecule has 2 aromatic rings. The molecular weight excluding hydrogens is 308 g/mol. The molecule has 0 unspecified atom stereocenters. The largest absolute Gasteiger partial charge is 0.497 e. The quantitative estimate of drug-likeness (QED) is 0.877. The number of carboxylic acids is 1. The molecule has 24 heavy (non-hydrogen) atoms. The lowest BCUT2D eigenvalue weighted by atomic mass is 9.63. The molecule has 1 N–H and O–H groups in total. The van der Waals surface area contributed by atoms with Gasteiger partial charge in [0.15, 0.2) is 0 Å². The molecule has 0 heterocycles. The van der Waals surface area contributed by atoms with E-state index in [1.54, 1.807) is 14.0 Å². The fourth-order valence-corrected chi connectivity index (χ4v) is 3.85. The Kier molecular flexibility index (Phi) is 3.95. The number of carboxylic acid groups (broad SMARTS) is 1. The van der Waals surface area contributed by atoms with Crippen molar-refractivity contribution in [3.63, 3.8) is 0 Å². The highest BCUT2D eigenvalue weighted by atomic mass is 16.5. The predicted molar refractivity (Wildman–Crippen MR) is 89.3 cm³/mol. The van der Waals surface area contributed by atoms with Crippen molar-refractivity contribution >= 4 is 22.7 Å². The molecule has 2 aromatic carbocycles. The van der Waals surface area contributed by atoms with Crippen molar-refractivity contribution in [2.24, 2.45) is 5.92 Å². The summed E-state index contributed by atoms with van der Waals surface area (Å²) in [6.45, 7) is 1.67. The monoisotopic (exact) mass is 328 g/mol. The highest BCUT2D eigenvalue weighted by Crippen LogP contribution is 2.45. The second kappa shape index (κ2) is 5.82. The number of rotatable bonds is 3. The Labute approximate surface area is 140 Å². The maximum atomic E-state index is 12.5. The van der Waals surface area contributed by atoms with Crippen LogP contribution in [0.15, 0.2) is 30.3 Å². The standard InChI is InChI=1S/C19H20O5/c1-19(18(22)24-3)15-8-4-11-10-12(23-2)5-6-13(11)14(15)7-9-16(19)17(20)21/h4-6,8,10,16H,7,9H2,1-3H3,(H,20,21)/t16-,19-/m1/s1. The number of aliphatic carboxylic acids is 1. The summed E-state index contributed by atoms with van der Waals surface area (Å²) >= 11 is 0. The van der Waals surface area contributed by atoms with Crippen molar-refractivity contribution in [1.29, 1.82) is 0 Å². The van der Waals surface area contributed by atoms with Gasteiger partial charge in [0.1, 0.15) is 11.2 Å². The van der Waals surface area contributed by atoms with E-state index in [0.29, 0.717) is 12.8 Å². The molecular formula is C19H20O5. The minimum absolute atomic E-state index is 0.402. The first-order chi connectivity index (χ1) is 11.4. The van der Waals surface area contributed by atoms with Gasteiger partial charge in [0.05, 0.1) is 20.1 Å². The zero-order valence-electron chi connectivity index (χ0n) is 14.0. The third kappa shape index (κ3) is 2.23. The molecule has 0 bridgehead atoms. The third-order valence-corrected chi connectivity index (χ3v) is 5.19. The van der Waals surface area contributed by atoms with Gasteiger partial charge < -0.3 is 14.6 Å². The molecule has 0 saturated carbocycles.